The maximum Gasteiger partial charge on any atom is 0.492 e. The van der Waals surface area contributed by atoms with Crippen molar-refractivity contribution in [3.8, 4) is 5.75 Å². The molecule has 0 amide bonds. The molecule has 2 N–H and O–H groups in total. The van der Waals surface area contributed by atoms with E-state index in [2.05, 4.69) is 4.98 Å². The van der Waals surface area contributed by atoms with Gasteiger partial charge in [0, 0.05) is 11.7 Å². The van der Waals surface area contributed by atoms with E-state index >= 15 is 0 Å². The highest BCUT2D eigenvalue weighted by atomic mass is 16.5. The Kier molecular flexibility index (Phi) is 3.86. The molecular weight excluding hydrogens is 265 g/mol. The molecule has 1 heterocycles. The average Bonchev–Trinajstić information content (AvgIpc) is 2.53. The SMILES string of the molecule is OB(O)c1c(OCc2ccccn2)ccc2ccccc12. The molecule has 0 unspecified atom stereocenters. The summed E-state index contributed by atoms with van der Waals surface area (Å²) >= 11 is 0. The van der Waals surface area contributed by atoms with E-state index in [0.717, 1.165) is 16.5 Å². The lowest BCUT2D eigenvalue weighted by molar-refractivity contribution is 0.302. The van der Waals surface area contributed by atoms with Gasteiger partial charge >= 0.3 is 7.12 Å². The minimum absolute atomic E-state index is 0.277. The van der Waals surface area contributed by atoms with Crippen LogP contribution in [-0.2, 0) is 6.61 Å². The van der Waals surface area contributed by atoms with Crippen LogP contribution in [0.2, 0.25) is 0 Å². The summed E-state index contributed by atoms with van der Waals surface area (Å²) in [4.78, 5) is 4.18. The van der Waals surface area contributed by atoms with Gasteiger partial charge in [-0.3, -0.25) is 4.98 Å². The van der Waals surface area contributed by atoms with Gasteiger partial charge in [0.2, 0.25) is 0 Å². The highest BCUT2D eigenvalue weighted by Crippen LogP contribution is 2.19. The number of ether oxygens (including phenoxy) is 1. The Balaban J connectivity index is 1.96. The maximum absolute atomic E-state index is 9.66. The van der Waals surface area contributed by atoms with Crippen LogP contribution in [0.4, 0.5) is 0 Å². The summed E-state index contributed by atoms with van der Waals surface area (Å²) in [5.41, 5.74) is 1.16. The van der Waals surface area contributed by atoms with Gasteiger partial charge in [0.15, 0.2) is 0 Å². The Bertz CT molecular complexity index is 747. The summed E-state index contributed by atoms with van der Waals surface area (Å²) in [6.45, 7) is 0.277. The van der Waals surface area contributed by atoms with Crippen molar-refractivity contribution in [2.24, 2.45) is 0 Å². The van der Waals surface area contributed by atoms with Gasteiger partial charge in [0.1, 0.15) is 12.4 Å². The topological polar surface area (TPSA) is 62.6 Å². The third-order valence-corrected chi connectivity index (χ3v) is 3.29. The lowest BCUT2D eigenvalue weighted by Gasteiger charge is -2.13. The summed E-state index contributed by atoms with van der Waals surface area (Å²) in [6.07, 6.45) is 1.70. The van der Waals surface area contributed by atoms with Crippen LogP contribution in [0.25, 0.3) is 10.8 Å². The van der Waals surface area contributed by atoms with Crippen molar-refractivity contribution >= 4 is 23.4 Å². The number of aromatic nitrogens is 1. The van der Waals surface area contributed by atoms with Gasteiger partial charge < -0.3 is 14.8 Å². The third kappa shape index (κ3) is 2.89. The first kappa shape index (κ1) is 13.6. The lowest BCUT2D eigenvalue weighted by Crippen LogP contribution is -2.32. The molecule has 0 radical (unpaired) electrons. The van der Waals surface area contributed by atoms with E-state index in [1.807, 2.05) is 48.5 Å². The van der Waals surface area contributed by atoms with E-state index in [0.29, 0.717) is 11.2 Å². The summed E-state index contributed by atoms with van der Waals surface area (Å²) in [5, 5.41) is 21.0. The molecule has 21 heavy (non-hydrogen) atoms. The van der Waals surface area contributed by atoms with Gasteiger partial charge in [0.05, 0.1) is 5.69 Å². The highest BCUT2D eigenvalue weighted by Gasteiger charge is 2.20. The number of hydrogen-bond acceptors (Lipinski definition) is 4. The van der Waals surface area contributed by atoms with Crippen LogP contribution in [0.15, 0.2) is 60.8 Å². The molecular formula is C16H14BNO3. The number of hydrogen-bond donors (Lipinski definition) is 2. The van der Waals surface area contributed by atoms with Crippen molar-refractivity contribution < 1.29 is 14.8 Å². The second kappa shape index (κ2) is 5.95. The Morgan fingerprint density at radius 2 is 1.76 bits per heavy atom. The number of pyridine rings is 1. The summed E-state index contributed by atoms with van der Waals surface area (Å²) in [6, 6.07) is 16.8. The Hall–Kier alpha value is -2.37. The van der Waals surface area contributed by atoms with E-state index in [1.54, 1.807) is 12.3 Å². The molecule has 0 aliphatic rings. The molecule has 4 nitrogen and oxygen atoms in total. The van der Waals surface area contributed by atoms with Gasteiger partial charge in [-0.05, 0) is 29.0 Å². The van der Waals surface area contributed by atoms with Crippen molar-refractivity contribution in [1.82, 2.24) is 4.98 Å². The summed E-state index contributed by atoms with van der Waals surface area (Å²) in [7, 11) is -1.59. The molecule has 0 saturated carbocycles. The number of benzene rings is 2. The van der Waals surface area contributed by atoms with Crippen LogP contribution >= 0.6 is 0 Å². The van der Waals surface area contributed by atoms with Crippen LogP contribution < -0.4 is 10.2 Å². The minimum atomic E-state index is -1.59. The standard InChI is InChI=1S/C16H14BNO3/c19-17(20)16-14-7-2-1-5-12(14)8-9-15(16)21-11-13-6-3-4-10-18-13/h1-10,19-20H,11H2. The molecule has 2 aromatic carbocycles. The molecule has 1 aromatic heterocycles. The lowest BCUT2D eigenvalue weighted by atomic mass is 9.76. The van der Waals surface area contributed by atoms with Crippen molar-refractivity contribution in [3.05, 3.63) is 66.5 Å². The molecule has 0 aliphatic carbocycles. The van der Waals surface area contributed by atoms with Crippen LogP contribution in [0.1, 0.15) is 5.69 Å². The monoisotopic (exact) mass is 279 g/mol. The largest absolute Gasteiger partial charge is 0.492 e. The van der Waals surface area contributed by atoms with E-state index < -0.39 is 7.12 Å². The molecule has 0 saturated heterocycles. The second-order valence-electron chi connectivity index (χ2n) is 4.68. The first-order valence-corrected chi connectivity index (χ1v) is 6.66. The van der Waals surface area contributed by atoms with Gasteiger partial charge in [-0.25, -0.2) is 0 Å². The fourth-order valence-electron chi connectivity index (χ4n) is 2.30. The molecule has 0 bridgehead atoms. The fourth-order valence-corrected chi connectivity index (χ4v) is 2.30. The zero-order valence-corrected chi connectivity index (χ0v) is 11.3. The first-order chi connectivity index (χ1) is 10.3. The molecule has 0 atom stereocenters. The predicted octanol–water partition coefficient (Wildman–Crippen LogP) is 1.49. The molecule has 5 heteroatoms. The average molecular weight is 279 g/mol. The zero-order valence-electron chi connectivity index (χ0n) is 11.3. The highest BCUT2D eigenvalue weighted by molar-refractivity contribution is 6.63. The van der Waals surface area contributed by atoms with E-state index in [9.17, 15) is 10.0 Å². The molecule has 3 rings (SSSR count). The van der Waals surface area contributed by atoms with Crippen LogP contribution in [-0.4, -0.2) is 22.2 Å². The van der Waals surface area contributed by atoms with Crippen molar-refractivity contribution in [2.75, 3.05) is 0 Å². The second-order valence-corrected chi connectivity index (χ2v) is 4.68. The van der Waals surface area contributed by atoms with E-state index in [4.69, 9.17) is 4.74 Å². The van der Waals surface area contributed by atoms with Gasteiger partial charge in [-0.1, -0.05) is 36.4 Å². The number of fused-ring (bicyclic) bond motifs is 1. The molecule has 3 aromatic rings. The molecule has 0 fully saturated rings. The van der Waals surface area contributed by atoms with Crippen molar-refractivity contribution in [3.63, 3.8) is 0 Å². The van der Waals surface area contributed by atoms with Crippen LogP contribution in [0.5, 0.6) is 5.75 Å². The Morgan fingerprint density at radius 3 is 2.52 bits per heavy atom. The number of nitrogens with zero attached hydrogens (tertiary/aromatic N) is 1. The predicted molar refractivity (Wildman–Crippen MR) is 82.3 cm³/mol. The van der Waals surface area contributed by atoms with Gasteiger partial charge in [-0.15, -0.1) is 0 Å². The smallest absolute Gasteiger partial charge is 0.488 e. The van der Waals surface area contributed by atoms with Crippen LogP contribution in [0.3, 0.4) is 0 Å². The first-order valence-electron chi connectivity index (χ1n) is 6.66. The van der Waals surface area contributed by atoms with Gasteiger partial charge in [0.25, 0.3) is 0 Å². The van der Waals surface area contributed by atoms with E-state index in [1.165, 1.54) is 0 Å². The third-order valence-electron chi connectivity index (χ3n) is 3.29. The van der Waals surface area contributed by atoms with E-state index in [-0.39, 0.29) is 6.61 Å². The quantitative estimate of drug-likeness (QED) is 0.710. The maximum atomic E-state index is 9.66. The Morgan fingerprint density at radius 1 is 0.952 bits per heavy atom. The van der Waals surface area contributed by atoms with Gasteiger partial charge in [-0.2, -0.15) is 0 Å². The molecule has 0 aliphatic heterocycles. The van der Waals surface area contributed by atoms with Crippen molar-refractivity contribution in [1.29, 1.82) is 0 Å². The van der Waals surface area contributed by atoms with Crippen molar-refractivity contribution in [2.45, 2.75) is 6.61 Å². The molecule has 0 spiro atoms. The normalized spacial score (nSPS) is 10.6. The zero-order chi connectivity index (χ0) is 14.7. The summed E-state index contributed by atoms with van der Waals surface area (Å²) in [5.74, 6) is 0.453. The fraction of sp³-hybridized carbons (Fsp3) is 0.0625. The summed E-state index contributed by atoms with van der Waals surface area (Å²) < 4.78 is 5.71. The molecule has 104 valence electrons. The Labute approximate surface area is 122 Å². The minimum Gasteiger partial charge on any atom is -0.488 e. The number of rotatable bonds is 4. The van der Waals surface area contributed by atoms with Crippen LogP contribution in [0, 0.1) is 0 Å².